The van der Waals surface area contributed by atoms with Gasteiger partial charge in [-0.3, -0.25) is 0 Å². The fourth-order valence-electron chi connectivity index (χ4n) is 1.35. The molecule has 15 heavy (non-hydrogen) atoms. The highest BCUT2D eigenvalue weighted by molar-refractivity contribution is 5.74. The number of benzene rings is 1. The second-order valence-electron chi connectivity index (χ2n) is 3.14. The first kappa shape index (κ1) is 9.52. The van der Waals surface area contributed by atoms with Crippen molar-refractivity contribution >= 4 is 12.0 Å². The van der Waals surface area contributed by atoms with Gasteiger partial charge in [-0.25, -0.2) is 0 Å². The van der Waals surface area contributed by atoms with Crippen molar-refractivity contribution in [1.29, 1.82) is 0 Å². The Morgan fingerprint density at radius 3 is 2.87 bits per heavy atom. The fraction of sp³-hybridized carbons (Fsp3) is 0.0833. The van der Waals surface area contributed by atoms with Crippen LogP contribution in [0.4, 0.5) is 0 Å². The molecule has 2 rings (SSSR count). The Hall–Kier alpha value is -2.03. The number of carboxylic acids is 1. The third-order valence-corrected chi connectivity index (χ3v) is 2.08. The van der Waals surface area contributed by atoms with Gasteiger partial charge in [-0.2, -0.15) is 0 Å². The lowest BCUT2D eigenvalue weighted by Crippen LogP contribution is -2.38. The minimum atomic E-state index is -1.24. The van der Waals surface area contributed by atoms with Gasteiger partial charge in [-0.05, 0) is 12.1 Å². The van der Waals surface area contributed by atoms with Crippen molar-refractivity contribution in [2.75, 3.05) is 0 Å². The first-order valence-corrected chi connectivity index (χ1v) is 4.59. The Balaban J connectivity index is 2.40. The lowest BCUT2D eigenvalue weighted by Gasteiger charge is -2.19. The predicted molar refractivity (Wildman–Crippen MR) is 54.0 cm³/mol. The van der Waals surface area contributed by atoms with Crippen molar-refractivity contribution in [3.63, 3.8) is 0 Å². The molecule has 0 saturated carbocycles. The summed E-state index contributed by atoms with van der Waals surface area (Å²) in [6, 6.07) is 7.25. The highest BCUT2D eigenvalue weighted by atomic mass is 16.5. The standard InChI is InChI=1S/C12H10O3/c13-12(14)11-8-4-2-6-9-5-1-3-7-10(9)15-11/h1-8,11H,(H,13,14)/p-1/b6-2-,8-4-. The average Bonchev–Trinajstić information content (AvgIpc) is 2.18. The van der Waals surface area contributed by atoms with Crippen molar-refractivity contribution in [2.24, 2.45) is 0 Å². The monoisotopic (exact) mass is 201 g/mol. The summed E-state index contributed by atoms with van der Waals surface area (Å²) in [5, 5.41) is 10.7. The molecule has 0 N–H and O–H groups in total. The number of fused-ring (bicyclic) bond motifs is 1. The van der Waals surface area contributed by atoms with E-state index in [-0.39, 0.29) is 0 Å². The van der Waals surface area contributed by atoms with Crippen molar-refractivity contribution < 1.29 is 14.6 Å². The zero-order valence-corrected chi connectivity index (χ0v) is 7.92. The van der Waals surface area contributed by atoms with Crippen LogP contribution in [0.2, 0.25) is 0 Å². The average molecular weight is 201 g/mol. The number of allylic oxidation sites excluding steroid dienone is 2. The maximum Gasteiger partial charge on any atom is 0.156 e. The summed E-state index contributed by atoms with van der Waals surface area (Å²) in [5.41, 5.74) is 0.855. The van der Waals surface area contributed by atoms with Gasteiger partial charge in [0.15, 0.2) is 6.10 Å². The smallest absolute Gasteiger partial charge is 0.156 e. The largest absolute Gasteiger partial charge is 0.546 e. The van der Waals surface area contributed by atoms with Crippen LogP contribution >= 0.6 is 0 Å². The maximum absolute atomic E-state index is 10.7. The number of carboxylic acid groups (broad SMARTS) is 1. The highest BCUT2D eigenvalue weighted by Gasteiger charge is 2.10. The molecule has 0 aromatic heterocycles. The number of aliphatic carboxylic acids is 1. The Kier molecular flexibility index (Phi) is 2.54. The van der Waals surface area contributed by atoms with E-state index in [1.807, 2.05) is 18.2 Å². The molecule has 1 heterocycles. The third kappa shape index (κ3) is 2.07. The van der Waals surface area contributed by atoms with E-state index in [9.17, 15) is 9.90 Å². The molecule has 0 radical (unpaired) electrons. The Morgan fingerprint density at radius 2 is 2.07 bits per heavy atom. The van der Waals surface area contributed by atoms with E-state index in [4.69, 9.17) is 4.74 Å². The molecular formula is C12H9O3-. The minimum absolute atomic E-state index is 0.548. The second kappa shape index (κ2) is 4.00. The van der Waals surface area contributed by atoms with E-state index in [0.29, 0.717) is 5.75 Å². The number of carbonyl (C=O) groups excluding carboxylic acids is 1. The van der Waals surface area contributed by atoms with E-state index < -0.39 is 12.1 Å². The summed E-state index contributed by atoms with van der Waals surface area (Å²) in [6.07, 6.45) is 5.68. The van der Waals surface area contributed by atoms with Gasteiger partial charge in [0.1, 0.15) is 5.75 Å². The molecule has 76 valence electrons. The van der Waals surface area contributed by atoms with Gasteiger partial charge in [0, 0.05) is 5.56 Å². The summed E-state index contributed by atoms with van der Waals surface area (Å²) < 4.78 is 5.30. The van der Waals surface area contributed by atoms with Gasteiger partial charge >= 0.3 is 0 Å². The molecule has 0 fully saturated rings. The Labute approximate surface area is 87.3 Å². The molecule has 1 aromatic carbocycles. The molecule has 3 heteroatoms. The van der Waals surface area contributed by atoms with Gasteiger partial charge in [-0.15, -0.1) is 0 Å². The number of para-hydroxylation sites is 1. The number of hydrogen-bond acceptors (Lipinski definition) is 3. The predicted octanol–water partition coefficient (Wildman–Crippen LogP) is 0.767. The van der Waals surface area contributed by atoms with Crippen LogP contribution in [0.3, 0.4) is 0 Å². The quantitative estimate of drug-likeness (QED) is 0.674. The van der Waals surface area contributed by atoms with E-state index in [2.05, 4.69) is 0 Å². The fourth-order valence-corrected chi connectivity index (χ4v) is 1.35. The Morgan fingerprint density at radius 1 is 1.27 bits per heavy atom. The van der Waals surface area contributed by atoms with Gasteiger partial charge in [0.2, 0.25) is 0 Å². The van der Waals surface area contributed by atoms with Crippen molar-refractivity contribution in [3.05, 3.63) is 48.1 Å². The van der Waals surface area contributed by atoms with Crippen LogP contribution in [-0.2, 0) is 4.79 Å². The first-order valence-electron chi connectivity index (χ1n) is 4.59. The highest BCUT2D eigenvalue weighted by Crippen LogP contribution is 2.22. The molecule has 0 amide bonds. The molecule has 1 aliphatic rings. The van der Waals surface area contributed by atoms with Gasteiger partial charge < -0.3 is 14.6 Å². The van der Waals surface area contributed by atoms with Crippen LogP contribution in [-0.4, -0.2) is 12.1 Å². The van der Waals surface area contributed by atoms with Crippen molar-refractivity contribution in [1.82, 2.24) is 0 Å². The molecule has 1 unspecified atom stereocenters. The Bertz CT molecular complexity index is 432. The normalized spacial score (nSPS) is 22.8. The summed E-state index contributed by atoms with van der Waals surface area (Å²) in [5.74, 6) is -0.691. The minimum Gasteiger partial charge on any atom is -0.546 e. The number of hydrogen-bond donors (Lipinski definition) is 0. The summed E-state index contributed by atoms with van der Waals surface area (Å²) in [7, 11) is 0. The van der Waals surface area contributed by atoms with Gasteiger partial charge in [0.05, 0.1) is 5.97 Å². The number of ether oxygens (including phenoxy) is 1. The zero-order chi connectivity index (χ0) is 10.7. The second-order valence-corrected chi connectivity index (χ2v) is 3.14. The summed E-state index contributed by atoms with van der Waals surface area (Å²) in [6.45, 7) is 0. The topological polar surface area (TPSA) is 49.4 Å². The lowest BCUT2D eigenvalue weighted by atomic mass is 10.1. The van der Waals surface area contributed by atoms with Crippen LogP contribution in [0.25, 0.3) is 6.08 Å². The molecule has 0 bridgehead atoms. The van der Waals surface area contributed by atoms with Crippen LogP contribution in [0.1, 0.15) is 5.56 Å². The maximum atomic E-state index is 10.7. The van der Waals surface area contributed by atoms with E-state index in [0.717, 1.165) is 5.56 Å². The SMILES string of the molecule is O=C([O-])C1/C=C\C=C/c2ccccc2O1. The van der Waals surface area contributed by atoms with Crippen LogP contribution < -0.4 is 9.84 Å². The van der Waals surface area contributed by atoms with Crippen LogP contribution in [0.5, 0.6) is 5.75 Å². The van der Waals surface area contributed by atoms with Gasteiger partial charge in [-0.1, -0.05) is 36.4 Å². The molecule has 1 aromatic rings. The molecule has 1 aliphatic heterocycles. The van der Waals surface area contributed by atoms with Crippen molar-refractivity contribution in [2.45, 2.75) is 6.10 Å². The number of carbonyl (C=O) groups is 1. The third-order valence-electron chi connectivity index (χ3n) is 2.08. The van der Waals surface area contributed by atoms with E-state index >= 15 is 0 Å². The van der Waals surface area contributed by atoms with E-state index in [1.54, 1.807) is 24.3 Å². The molecule has 0 saturated heterocycles. The lowest BCUT2D eigenvalue weighted by molar-refractivity contribution is -0.311. The van der Waals surface area contributed by atoms with Gasteiger partial charge in [0.25, 0.3) is 0 Å². The van der Waals surface area contributed by atoms with E-state index in [1.165, 1.54) is 6.08 Å². The molecular weight excluding hydrogens is 192 g/mol. The number of rotatable bonds is 1. The first-order chi connectivity index (χ1) is 7.27. The summed E-state index contributed by atoms with van der Waals surface area (Å²) >= 11 is 0. The molecule has 0 aliphatic carbocycles. The van der Waals surface area contributed by atoms with Crippen molar-refractivity contribution in [3.8, 4) is 5.75 Å². The van der Waals surface area contributed by atoms with Crippen LogP contribution in [0, 0.1) is 0 Å². The zero-order valence-electron chi connectivity index (χ0n) is 7.92. The summed E-state index contributed by atoms with van der Waals surface area (Å²) in [4.78, 5) is 10.7. The molecule has 1 atom stereocenters. The molecule has 3 nitrogen and oxygen atoms in total. The molecule has 0 spiro atoms. The van der Waals surface area contributed by atoms with Crippen LogP contribution in [0.15, 0.2) is 42.5 Å².